The van der Waals surface area contributed by atoms with Crippen LogP contribution in [0.3, 0.4) is 0 Å². The maximum atomic E-state index is 13.7. The van der Waals surface area contributed by atoms with E-state index in [1.54, 1.807) is 13.1 Å². The van der Waals surface area contributed by atoms with E-state index in [2.05, 4.69) is 26.6 Å². The van der Waals surface area contributed by atoms with Gasteiger partial charge in [-0.25, -0.2) is 4.39 Å². The molecule has 1 atom stereocenters. The van der Waals surface area contributed by atoms with Crippen molar-refractivity contribution in [3.63, 3.8) is 0 Å². The molecule has 25 heavy (non-hydrogen) atoms. The Morgan fingerprint density at radius 2 is 1.68 bits per heavy atom. The molecular formula is C17H17BrClFN3O2+. The lowest BCUT2D eigenvalue weighted by atomic mass is 10.3. The first-order valence-corrected chi connectivity index (χ1v) is 8.63. The molecule has 8 heteroatoms. The van der Waals surface area contributed by atoms with Crippen molar-refractivity contribution in [2.45, 2.75) is 0 Å². The minimum absolute atomic E-state index is 0.0193. The van der Waals surface area contributed by atoms with Gasteiger partial charge < -0.3 is 15.5 Å². The average Bonchev–Trinajstić information content (AvgIpc) is 2.52. The van der Waals surface area contributed by atoms with Crippen molar-refractivity contribution in [3.8, 4) is 0 Å². The Labute approximate surface area is 158 Å². The SMILES string of the molecule is C[NH+](CC(=O)Nc1ccc(Cl)cc1F)CC(=O)Nc1ccccc1Br. The molecule has 2 aromatic rings. The highest BCUT2D eigenvalue weighted by Crippen LogP contribution is 2.21. The van der Waals surface area contributed by atoms with Gasteiger partial charge in [-0.2, -0.15) is 0 Å². The van der Waals surface area contributed by atoms with Crippen LogP contribution in [0.5, 0.6) is 0 Å². The van der Waals surface area contributed by atoms with E-state index < -0.39 is 11.7 Å². The van der Waals surface area contributed by atoms with Gasteiger partial charge in [-0.3, -0.25) is 9.59 Å². The highest BCUT2D eigenvalue weighted by molar-refractivity contribution is 9.10. The number of likely N-dealkylation sites (N-methyl/N-ethyl adjacent to an activating group) is 1. The zero-order valence-corrected chi connectivity index (χ0v) is 15.7. The molecule has 0 aliphatic carbocycles. The third-order valence-corrected chi connectivity index (χ3v) is 4.20. The smallest absolute Gasteiger partial charge is 0.279 e. The Morgan fingerprint density at radius 3 is 2.28 bits per heavy atom. The molecule has 0 aliphatic rings. The number of nitrogens with one attached hydrogen (secondary N) is 3. The third kappa shape index (κ3) is 6.12. The van der Waals surface area contributed by atoms with Crippen LogP contribution in [0.15, 0.2) is 46.9 Å². The van der Waals surface area contributed by atoms with Gasteiger partial charge in [-0.15, -0.1) is 0 Å². The number of amides is 2. The molecule has 0 aliphatic heterocycles. The highest BCUT2D eigenvalue weighted by Gasteiger charge is 2.16. The summed E-state index contributed by atoms with van der Waals surface area (Å²) in [6, 6.07) is 11.3. The van der Waals surface area contributed by atoms with Gasteiger partial charge in [0.25, 0.3) is 11.8 Å². The van der Waals surface area contributed by atoms with Gasteiger partial charge in [0.1, 0.15) is 5.82 Å². The molecule has 0 saturated heterocycles. The maximum Gasteiger partial charge on any atom is 0.279 e. The van der Waals surface area contributed by atoms with Gasteiger partial charge in [-0.1, -0.05) is 23.7 Å². The van der Waals surface area contributed by atoms with Crippen molar-refractivity contribution in [2.24, 2.45) is 0 Å². The summed E-state index contributed by atoms with van der Waals surface area (Å²) in [7, 11) is 1.71. The second kappa shape index (κ2) is 8.94. The van der Waals surface area contributed by atoms with Gasteiger partial charge in [0, 0.05) is 9.50 Å². The number of rotatable bonds is 6. The highest BCUT2D eigenvalue weighted by atomic mass is 79.9. The Balaban J connectivity index is 1.84. The van der Waals surface area contributed by atoms with Gasteiger partial charge in [0.2, 0.25) is 0 Å². The fourth-order valence-electron chi connectivity index (χ4n) is 2.15. The number of anilines is 2. The van der Waals surface area contributed by atoms with E-state index in [4.69, 9.17) is 11.6 Å². The van der Waals surface area contributed by atoms with Crippen LogP contribution in [0, 0.1) is 5.82 Å². The van der Waals surface area contributed by atoms with E-state index in [9.17, 15) is 14.0 Å². The number of hydrogen-bond acceptors (Lipinski definition) is 2. The number of hydrogen-bond donors (Lipinski definition) is 3. The van der Waals surface area contributed by atoms with Crippen LogP contribution in [-0.2, 0) is 9.59 Å². The molecule has 0 aromatic heterocycles. The van der Waals surface area contributed by atoms with Gasteiger partial charge in [-0.05, 0) is 46.3 Å². The molecule has 132 valence electrons. The minimum atomic E-state index is -0.606. The van der Waals surface area contributed by atoms with Crippen LogP contribution in [0.1, 0.15) is 0 Å². The standard InChI is InChI=1S/C17H16BrClFN3O2/c1-23(9-16(24)21-14-5-3-2-4-12(14)18)10-17(25)22-15-7-6-11(19)8-13(15)20/h2-8H,9-10H2,1H3,(H,21,24)(H,22,25)/p+1. The lowest BCUT2D eigenvalue weighted by Gasteiger charge is -2.14. The van der Waals surface area contributed by atoms with Crippen LogP contribution in [0.25, 0.3) is 0 Å². The van der Waals surface area contributed by atoms with Gasteiger partial charge >= 0.3 is 0 Å². The van der Waals surface area contributed by atoms with Crippen molar-refractivity contribution >= 4 is 50.7 Å². The number of halogens is 3. The zero-order chi connectivity index (χ0) is 18.4. The Kier molecular flexibility index (Phi) is 6.92. The molecule has 0 fully saturated rings. The second-order valence-corrected chi connectivity index (χ2v) is 6.80. The van der Waals surface area contributed by atoms with Crippen molar-refractivity contribution in [1.82, 2.24) is 0 Å². The minimum Gasteiger partial charge on any atom is -0.322 e. The average molecular weight is 430 g/mol. The predicted octanol–water partition coefficient (Wildman–Crippen LogP) is 2.33. The monoisotopic (exact) mass is 428 g/mol. The number of para-hydroxylation sites is 1. The van der Waals surface area contributed by atoms with Crippen molar-refractivity contribution in [1.29, 1.82) is 0 Å². The summed E-state index contributed by atoms with van der Waals surface area (Å²) < 4.78 is 14.4. The van der Waals surface area contributed by atoms with Gasteiger partial charge in [0.15, 0.2) is 13.1 Å². The van der Waals surface area contributed by atoms with E-state index in [1.165, 1.54) is 12.1 Å². The lowest BCUT2D eigenvalue weighted by Crippen LogP contribution is -3.11. The summed E-state index contributed by atoms with van der Waals surface area (Å²) in [5.74, 6) is -1.23. The Hall–Kier alpha value is -1.96. The topological polar surface area (TPSA) is 62.6 Å². The maximum absolute atomic E-state index is 13.7. The molecule has 0 spiro atoms. The molecule has 1 unspecified atom stereocenters. The van der Waals surface area contributed by atoms with E-state index >= 15 is 0 Å². The number of quaternary nitrogens is 1. The lowest BCUT2D eigenvalue weighted by molar-refractivity contribution is -0.862. The molecule has 5 nitrogen and oxygen atoms in total. The van der Waals surface area contributed by atoms with Crippen LogP contribution < -0.4 is 15.5 Å². The summed E-state index contributed by atoms with van der Waals surface area (Å²) in [6.45, 7) is 0.114. The van der Waals surface area contributed by atoms with Crippen molar-refractivity contribution in [3.05, 3.63) is 57.8 Å². The second-order valence-electron chi connectivity index (χ2n) is 5.51. The van der Waals surface area contributed by atoms with E-state index in [0.717, 1.165) is 10.5 Å². The molecular weight excluding hydrogens is 413 g/mol. The summed E-state index contributed by atoms with van der Waals surface area (Å²) in [4.78, 5) is 24.7. The number of carbonyl (C=O) groups excluding carboxylic acids is 2. The first-order valence-electron chi connectivity index (χ1n) is 7.45. The fourth-order valence-corrected chi connectivity index (χ4v) is 2.70. The number of benzene rings is 2. The van der Waals surface area contributed by atoms with E-state index in [-0.39, 0.29) is 29.7 Å². The summed E-state index contributed by atoms with van der Waals surface area (Å²) in [6.07, 6.45) is 0. The molecule has 3 N–H and O–H groups in total. The molecule has 2 rings (SSSR count). The van der Waals surface area contributed by atoms with Crippen LogP contribution >= 0.6 is 27.5 Å². The van der Waals surface area contributed by atoms with Gasteiger partial charge in [0.05, 0.1) is 18.4 Å². The first kappa shape index (κ1) is 19.4. The molecule has 0 saturated carbocycles. The Morgan fingerprint density at radius 1 is 1.08 bits per heavy atom. The summed E-state index contributed by atoms with van der Waals surface area (Å²) in [5, 5.41) is 5.49. The molecule has 0 heterocycles. The van der Waals surface area contributed by atoms with Crippen molar-refractivity contribution < 1.29 is 18.9 Å². The largest absolute Gasteiger partial charge is 0.322 e. The van der Waals surface area contributed by atoms with Crippen LogP contribution in [0.2, 0.25) is 5.02 Å². The summed E-state index contributed by atoms with van der Waals surface area (Å²) in [5.41, 5.74) is 0.716. The zero-order valence-electron chi connectivity index (χ0n) is 13.4. The first-order chi connectivity index (χ1) is 11.8. The predicted molar refractivity (Wildman–Crippen MR) is 99.4 cm³/mol. The summed E-state index contributed by atoms with van der Waals surface area (Å²) >= 11 is 9.02. The quantitative estimate of drug-likeness (QED) is 0.660. The molecule has 2 aromatic carbocycles. The molecule has 0 radical (unpaired) electrons. The molecule has 0 bridgehead atoms. The molecule has 2 amide bonds. The van der Waals surface area contributed by atoms with Crippen molar-refractivity contribution in [2.75, 3.05) is 30.8 Å². The van der Waals surface area contributed by atoms with Crippen LogP contribution in [-0.4, -0.2) is 32.0 Å². The fraction of sp³-hybridized carbons (Fsp3) is 0.176. The van der Waals surface area contributed by atoms with Crippen LogP contribution in [0.4, 0.5) is 15.8 Å². The normalized spacial score (nSPS) is 11.7. The third-order valence-electron chi connectivity index (χ3n) is 3.28. The number of carbonyl (C=O) groups is 2. The van der Waals surface area contributed by atoms with E-state index in [1.807, 2.05) is 18.2 Å². The Bertz CT molecular complexity index is 788. The van der Waals surface area contributed by atoms with E-state index in [0.29, 0.717) is 10.6 Å².